The lowest BCUT2D eigenvalue weighted by atomic mass is 9.88. The van der Waals surface area contributed by atoms with Crippen LogP contribution in [-0.2, 0) is 14.8 Å². The highest BCUT2D eigenvalue weighted by Crippen LogP contribution is 2.38. The van der Waals surface area contributed by atoms with Crippen molar-refractivity contribution in [1.29, 1.82) is 0 Å². The van der Waals surface area contributed by atoms with Crippen LogP contribution in [0.1, 0.15) is 28.7 Å². The predicted molar refractivity (Wildman–Crippen MR) is 137 cm³/mol. The number of carbonyl (C=O) groups is 1. The molecule has 0 saturated carbocycles. The van der Waals surface area contributed by atoms with Crippen LogP contribution in [0.4, 0.5) is 0 Å². The van der Waals surface area contributed by atoms with Crippen molar-refractivity contribution in [3.63, 3.8) is 0 Å². The van der Waals surface area contributed by atoms with Crippen LogP contribution in [-0.4, -0.2) is 13.5 Å². The monoisotopic (exact) mass is 487 g/mol. The topological polar surface area (TPSA) is 63.2 Å². The summed E-state index contributed by atoms with van der Waals surface area (Å²) in [7, 11) is -3.90. The number of benzene rings is 4. The molecule has 0 aliphatic rings. The molecule has 4 rings (SSSR count). The second-order valence-electron chi connectivity index (χ2n) is 7.95. The minimum Gasteiger partial charge on any atom is -0.286 e. The predicted octanol–water partition coefficient (Wildman–Crippen LogP) is 6.12. The lowest BCUT2D eigenvalue weighted by Crippen LogP contribution is -2.35. The smallest absolute Gasteiger partial charge is 0.241 e. The normalized spacial score (nSPS) is 13.2. The Morgan fingerprint density at radius 2 is 1.21 bits per heavy atom. The Labute approximate surface area is 205 Å². The number of aryl methyl sites for hydroxylation is 1. The second-order valence-corrected chi connectivity index (χ2v) is 10.7. The summed E-state index contributed by atoms with van der Waals surface area (Å²) in [5, 5.41) is -0.141. The zero-order valence-electron chi connectivity index (χ0n) is 18.7. The van der Waals surface area contributed by atoms with E-state index in [-0.39, 0.29) is 10.0 Å². The molecule has 34 heavy (non-hydrogen) atoms. The second kappa shape index (κ2) is 10.8. The standard InChI is InChI=1S/C28H25NO3S2/c1-21-17-19-25(20-18-21)34(31,32)29-27(23-13-7-3-8-14-23)26(22-11-5-2-6-12-22)28(30)33-24-15-9-4-10-16-24/h2-20,26-27,29H,1H3/t26-,27+/m0/s1. The maximum absolute atomic E-state index is 13.7. The molecular formula is C28H25NO3S2. The van der Waals surface area contributed by atoms with Crippen LogP contribution in [0.15, 0.2) is 125 Å². The van der Waals surface area contributed by atoms with Gasteiger partial charge in [-0.2, -0.15) is 0 Å². The molecule has 0 aliphatic heterocycles. The van der Waals surface area contributed by atoms with Gasteiger partial charge < -0.3 is 0 Å². The van der Waals surface area contributed by atoms with Gasteiger partial charge in [-0.3, -0.25) is 4.79 Å². The average molecular weight is 488 g/mol. The average Bonchev–Trinajstić information content (AvgIpc) is 2.86. The third kappa shape index (κ3) is 5.83. The highest BCUT2D eigenvalue weighted by molar-refractivity contribution is 8.13. The van der Waals surface area contributed by atoms with Crippen LogP contribution in [0.2, 0.25) is 0 Å². The summed E-state index contributed by atoms with van der Waals surface area (Å²) in [5.74, 6) is -0.742. The van der Waals surface area contributed by atoms with E-state index in [2.05, 4.69) is 4.72 Å². The summed E-state index contributed by atoms with van der Waals surface area (Å²) in [5.41, 5.74) is 2.43. The van der Waals surface area contributed by atoms with Crippen molar-refractivity contribution in [3.05, 3.63) is 132 Å². The van der Waals surface area contributed by atoms with Gasteiger partial charge in [-0.1, -0.05) is 108 Å². The molecule has 4 aromatic rings. The van der Waals surface area contributed by atoms with Crippen LogP contribution >= 0.6 is 11.8 Å². The van der Waals surface area contributed by atoms with Gasteiger partial charge in [0.25, 0.3) is 0 Å². The van der Waals surface area contributed by atoms with Crippen molar-refractivity contribution in [2.75, 3.05) is 0 Å². The molecule has 0 aromatic heterocycles. The fraction of sp³-hybridized carbons (Fsp3) is 0.107. The number of hydrogen-bond donors (Lipinski definition) is 1. The number of rotatable bonds is 8. The minimum atomic E-state index is -3.90. The van der Waals surface area contributed by atoms with E-state index in [1.54, 1.807) is 24.3 Å². The molecule has 2 atom stereocenters. The molecule has 0 bridgehead atoms. The van der Waals surface area contributed by atoms with E-state index in [9.17, 15) is 13.2 Å². The molecule has 0 heterocycles. The summed E-state index contributed by atoms with van der Waals surface area (Å²) in [6.45, 7) is 1.90. The zero-order valence-corrected chi connectivity index (χ0v) is 20.3. The molecule has 4 aromatic carbocycles. The Kier molecular flexibility index (Phi) is 7.63. The summed E-state index contributed by atoms with van der Waals surface area (Å²) >= 11 is 1.12. The Bertz CT molecular complexity index is 1330. The van der Waals surface area contributed by atoms with Gasteiger partial charge in [-0.05, 0) is 42.3 Å². The summed E-state index contributed by atoms with van der Waals surface area (Å²) in [6, 6.07) is 33.9. The fourth-order valence-corrected chi connectivity index (χ4v) is 5.90. The highest BCUT2D eigenvalue weighted by Gasteiger charge is 2.35. The lowest BCUT2D eigenvalue weighted by Gasteiger charge is -2.28. The number of sulfonamides is 1. The van der Waals surface area contributed by atoms with E-state index in [4.69, 9.17) is 0 Å². The van der Waals surface area contributed by atoms with Crippen molar-refractivity contribution in [2.24, 2.45) is 0 Å². The van der Waals surface area contributed by atoms with Crippen molar-refractivity contribution in [1.82, 2.24) is 4.72 Å². The fourth-order valence-electron chi connectivity index (χ4n) is 3.73. The van der Waals surface area contributed by atoms with Crippen molar-refractivity contribution in [3.8, 4) is 0 Å². The molecule has 0 saturated heterocycles. The first-order valence-electron chi connectivity index (χ1n) is 10.9. The van der Waals surface area contributed by atoms with Gasteiger partial charge in [0.15, 0.2) is 0 Å². The van der Waals surface area contributed by atoms with Gasteiger partial charge >= 0.3 is 0 Å². The number of nitrogens with one attached hydrogen (secondary N) is 1. The van der Waals surface area contributed by atoms with Crippen LogP contribution in [0.25, 0.3) is 0 Å². The van der Waals surface area contributed by atoms with Gasteiger partial charge in [0.1, 0.15) is 0 Å². The Morgan fingerprint density at radius 1 is 0.706 bits per heavy atom. The molecule has 172 valence electrons. The summed E-state index contributed by atoms with van der Waals surface area (Å²) in [4.78, 5) is 14.7. The third-order valence-corrected chi connectivity index (χ3v) is 7.90. The van der Waals surface area contributed by atoms with Gasteiger partial charge in [0, 0.05) is 4.90 Å². The zero-order chi connectivity index (χ0) is 24.0. The van der Waals surface area contributed by atoms with Crippen LogP contribution in [0.3, 0.4) is 0 Å². The minimum absolute atomic E-state index is 0.141. The number of thioether (sulfide) groups is 1. The lowest BCUT2D eigenvalue weighted by molar-refractivity contribution is -0.112. The van der Waals surface area contributed by atoms with Crippen LogP contribution in [0, 0.1) is 6.92 Å². The molecule has 6 heteroatoms. The first kappa shape index (κ1) is 24.0. The van der Waals surface area contributed by atoms with Crippen molar-refractivity contribution >= 4 is 26.9 Å². The van der Waals surface area contributed by atoms with E-state index in [1.807, 2.05) is 97.9 Å². The third-order valence-electron chi connectivity index (χ3n) is 5.48. The summed E-state index contributed by atoms with van der Waals surface area (Å²) < 4.78 is 29.7. The molecule has 0 amide bonds. The quantitative estimate of drug-likeness (QED) is 0.304. The Hall–Kier alpha value is -3.19. The first-order valence-corrected chi connectivity index (χ1v) is 13.2. The summed E-state index contributed by atoms with van der Waals surface area (Å²) in [6.07, 6.45) is 0. The van der Waals surface area contributed by atoms with Gasteiger partial charge in [-0.15, -0.1) is 0 Å². The molecule has 0 fully saturated rings. The maximum atomic E-state index is 13.7. The number of hydrogen-bond acceptors (Lipinski definition) is 4. The molecule has 0 radical (unpaired) electrons. The van der Waals surface area contributed by atoms with Crippen molar-refractivity contribution < 1.29 is 13.2 Å². The van der Waals surface area contributed by atoms with E-state index in [1.165, 1.54) is 0 Å². The molecular weight excluding hydrogens is 462 g/mol. The molecule has 4 nitrogen and oxygen atoms in total. The molecule has 0 unspecified atom stereocenters. The van der Waals surface area contributed by atoms with Gasteiger partial charge in [0.05, 0.1) is 16.9 Å². The van der Waals surface area contributed by atoms with Crippen LogP contribution in [0.5, 0.6) is 0 Å². The van der Waals surface area contributed by atoms with Gasteiger partial charge in [0.2, 0.25) is 15.1 Å². The van der Waals surface area contributed by atoms with E-state index in [0.29, 0.717) is 5.56 Å². The van der Waals surface area contributed by atoms with Crippen molar-refractivity contribution in [2.45, 2.75) is 28.7 Å². The van der Waals surface area contributed by atoms with E-state index >= 15 is 0 Å². The SMILES string of the molecule is Cc1ccc(S(=O)(=O)N[C@H](c2ccccc2)[C@@H](C(=O)Sc2ccccc2)c2ccccc2)cc1. The molecule has 0 spiro atoms. The molecule has 1 N–H and O–H groups in total. The van der Waals surface area contributed by atoms with Crippen LogP contribution < -0.4 is 4.72 Å². The van der Waals surface area contributed by atoms with E-state index in [0.717, 1.165) is 27.8 Å². The van der Waals surface area contributed by atoms with E-state index < -0.39 is 22.0 Å². The largest absolute Gasteiger partial charge is 0.286 e. The Morgan fingerprint density at radius 3 is 1.76 bits per heavy atom. The van der Waals surface area contributed by atoms with Gasteiger partial charge in [-0.25, -0.2) is 13.1 Å². The maximum Gasteiger partial charge on any atom is 0.241 e. The Balaban J connectivity index is 1.78. The number of carbonyl (C=O) groups excluding carboxylic acids is 1. The molecule has 0 aliphatic carbocycles. The first-order chi connectivity index (χ1) is 16.4. The highest BCUT2D eigenvalue weighted by atomic mass is 32.2.